The number of carbonyl (C=O) groups excluding carboxylic acids is 1. The summed E-state index contributed by atoms with van der Waals surface area (Å²) >= 11 is 0. The summed E-state index contributed by atoms with van der Waals surface area (Å²) in [7, 11) is 1.80. The van der Waals surface area contributed by atoms with E-state index in [1.165, 1.54) is 0 Å². The summed E-state index contributed by atoms with van der Waals surface area (Å²) in [4.78, 5) is 19.7. The fourth-order valence-electron chi connectivity index (χ4n) is 1.65. The second-order valence-corrected chi connectivity index (χ2v) is 4.14. The van der Waals surface area contributed by atoms with Gasteiger partial charge in [0.15, 0.2) is 5.82 Å². The highest BCUT2D eigenvalue weighted by atomic mass is 16.2. The number of pyridine rings is 1. The SMILES string of the molecule is Cn1ccnc1C(=O)NCCCNc1cccnc1. The molecule has 0 saturated carbocycles. The smallest absolute Gasteiger partial charge is 0.287 e. The first-order valence-electron chi connectivity index (χ1n) is 6.17. The second kappa shape index (κ2) is 6.53. The number of nitrogens with one attached hydrogen (secondary N) is 2. The third-order valence-corrected chi connectivity index (χ3v) is 2.65. The van der Waals surface area contributed by atoms with Gasteiger partial charge in [0.2, 0.25) is 0 Å². The molecule has 0 atom stereocenters. The van der Waals surface area contributed by atoms with Gasteiger partial charge in [-0.3, -0.25) is 9.78 Å². The Kier molecular flexibility index (Phi) is 4.49. The van der Waals surface area contributed by atoms with Gasteiger partial charge in [-0.2, -0.15) is 0 Å². The lowest BCUT2D eigenvalue weighted by atomic mass is 10.3. The van der Waals surface area contributed by atoms with Gasteiger partial charge >= 0.3 is 0 Å². The Hall–Kier alpha value is -2.37. The third kappa shape index (κ3) is 3.80. The monoisotopic (exact) mass is 259 g/mol. The van der Waals surface area contributed by atoms with E-state index in [4.69, 9.17) is 0 Å². The Balaban J connectivity index is 1.65. The van der Waals surface area contributed by atoms with Crippen molar-refractivity contribution < 1.29 is 4.79 Å². The molecule has 0 unspecified atom stereocenters. The van der Waals surface area contributed by atoms with Gasteiger partial charge < -0.3 is 15.2 Å². The molecule has 2 aromatic heterocycles. The van der Waals surface area contributed by atoms with Crippen molar-refractivity contribution in [3.63, 3.8) is 0 Å². The number of anilines is 1. The zero-order valence-corrected chi connectivity index (χ0v) is 10.8. The molecule has 100 valence electrons. The minimum Gasteiger partial charge on any atom is -0.384 e. The summed E-state index contributed by atoms with van der Waals surface area (Å²) in [5.74, 6) is 0.286. The molecule has 0 radical (unpaired) electrons. The van der Waals surface area contributed by atoms with E-state index in [1.54, 1.807) is 36.4 Å². The summed E-state index contributed by atoms with van der Waals surface area (Å²) in [6.45, 7) is 1.39. The van der Waals surface area contributed by atoms with Crippen LogP contribution >= 0.6 is 0 Å². The van der Waals surface area contributed by atoms with E-state index in [2.05, 4.69) is 20.6 Å². The summed E-state index contributed by atoms with van der Waals surface area (Å²) < 4.78 is 1.70. The van der Waals surface area contributed by atoms with Gasteiger partial charge in [0.25, 0.3) is 5.91 Å². The Morgan fingerprint density at radius 3 is 2.95 bits per heavy atom. The van der Waals surface area contributed by atoms with Crippen molar-refractivity contribution in [2.75, 3.05) is 18.4 Å². The molecule has 19 heavy (non-hydrogen) atoms. The normalized spacial score (nSPS) is 10.2. The van der Waals surface area contributed by atoms with Crippen LogP contribution in [0.25, 0.3) is 0 Å². The molecule has 0 fully saturated rings. The van der Waals surface area contributed by atoms with Crippen molar-refractivity contribution in [2.45, 2.75) is 6.42 Å². The van der Waals surface area contributed by atoms with Crippen molar-refractivity contribution in [1.29, 1.82) is 0 Å². The van der Waals surface area contributed by atoms with Crippen LogP contribution in [-0.4, -0.2) is 33.5 Å². The number of nitrogens with zero attached hydrogens (tertiary/aromatic N) is 3. The van der Waals surface area contributed by atoms with Gasteiger partial charge in [0.05, 0.1) is 5.69 Å². The van der Waals surface area contributed by atoms with E-state index < -0.39 is 0 Å². The number of carbonyl (C=O) groups is 1. The topological polar surface area (TPSA) is 71.8 Å². The van der Waals surface area contributed by atoms with Gasteiger partial charge in [0.1, 0.15) is 0 Å². The predicted molar refractivity (Wildman–Crippen MR) is 72.9 cm³/mol. The summed E-state index contributed by atoms with van der Waals surface area (Å²) in [6, 6.07) is 3.84. The molecular weight excluding hydrogens is 242 g/mol. The molecular formula is C13H17N5O. The predicted octanol–water partition coefficient (Wildman–Crippen LogP) is 1.05. The maximum absolute atomic E-state index is 11.7. The van der Waals surface area contributed by atoms with E-state index in [9.17, 15) is 4.79 Å². The molecule has 0 aliphatic rings. The largest absolute Gasteiger partial charge is 0.384 e. The number of imidazole rings is 1. The number of aryl methyl sites for hydroxylation is 1. The van der Waals surface area contributed by atoms with E-state index in [0.717, 1.165) is 18.7 Å². The molecule has 2 rings (SSSR count). The Labute approximate surface area is 111 Å². The van der Waals surface area contributed by atoms with Crippen molar-refractivity contribution >= 4 is 11.6 Å². The highest BCUT2D eigenvalue weighted by molar-refractivity contribution is 5.90. The fourth-order valence-corrected chi connectivity index (χ4v) is 1.65. The highest BCUT2D eigenvalue weighted by Crippen LogP contribution is 2.01. The molecule has 0 spiro atoms. The number of hydrogen-bond donors (Lipinski definition) is 2. The first-order valence-corrected chi connectivity index (χ1v) is 6.17. The highest BCUT2D eigenvalue weighted by Gasteiger charge is 2.08. The maximum atomic E-state index is 11.7. The molecule has 0 saturated heterocycles. The van der Waals surface area contributed by atoms with Crippen LogP contribution in [0.1, 0.15) is 17.0 Å². The first-order chi connectivity index (χ1) is 9.27. The van der Waals surface area contributed by atoms with Crippen molar-refractivity contribution in [3.8, 4) is 0 Å². The van der Waals surface area contributed by atoms with Crippen LogP contribution < -0.4 is 10.6 Å². The van der Waals surface area contributed by atoms with Gasteiger partial charge in [-0.15, -0.1) is 0 Å². The minimum absolute atomic E-state index is 0.145. The van der Waals surface area contributed by atoms with Crippen LogP contribution in [0.3, 0.4) is 0 Å². The lowest BCUT2D eigenvalue weighted by molar-refractivity contribution is 0.0940. The lowest BCUT2D eigenvalue weighted by Crippen LogP contribution is -2.28. The molecule has 6 heteroatoms. The van der Waals surface area contributed by atoms with Crippen LogP contribution in [0.5, 0.6) is 0 Å². The summed E-state index contributed by atoms with van der Waals surface area (Å²) in [6.07, 6.45) is 7.70. The molecule has 2 aromatic rings. The van der Waals surface area contributed by atoms with Crippen LogP contribution in [0.4, 0.5) is 5.69 Å². The van der Waals surface area contributed by atoms with E-state index in [-0.39, 0.29) is 5.91 Å². The van der Waals surface area contributed by atoms with E-state index >= 15 is 0 Å². The van der Waals surface area contributed by atoms with Crippen molar-refractivity contribution in [1.82, 2.24) is 19.9 Å². The van der Waals surface area contributed by atoms with Gasteiger partial charge in [-0.05, 0) is 18.6 Å². The van der Waals surface area contributed by atoms with Crippen LogP contribution in [0.15, 0.2) is 36.9 Å². The molecule has 0 aromatic carbocycles. The number of aromatic nitrogens is 3. The average molecular weight is 259 g/mol. The number of rotatable bonds is 6. The third-order valence-electron chi connectivity index (χ3n) is 2.65. The summed E-state index contributed by atoms with van der Waals surface area (Å²) in [5, 5.41) is 6.06. The number of amides is 1. The molecule has 6 nitrogen and oxygen atoms in total. The molecule has 1 amide bonds. The minimum atomic E-state index is -0.145. The maximum Gasteiger partial charge on any atom is 0.287 e. The molecule has 2 N–H and O–H groups in total. The van der Waals surface area contributed by atoms with Crippen LogP contribution in [-0.2, 0) is 7.05 Å². The van der Waals surface area contributed by atoms with Gasteiger partial charge in [-0.1, -0.05) is 0 Å². The summed E-state index contributed by atoms with van der Waals surface area (Å²) in [5.41, 5.74) is 0.984. The molecule has 0 aliphatic carbocycles. The van der Waals surface area contributed by atoms with E-state index in [1.807, 2.05) is 12.1 Å². The van der Waals surface area contributed by atoms with Crippen LogP contribution in [0.2, 0.25) is 0 Å². The molecule has 0 bridgehead atoms. The average Bonchev–Trinajstić information content (AvgIpc) is 2.86. The Morgan fingerprint density at radius 1 is 1.37 bits per heavy atom. The van der Waals surface area contributed by atoms with Crippen molar-refractivity contribution in [2.24, 2.45) is 7.05 Å². The number of hydrogen-bond acceptors (Lipinski definition) is 4. The van der Waals surface area contributed by atoms with E-state index in [0.29, 0.717) is 12.4 Å². The fraction of sp³-hybridized carbons (Fsp3) is 0.308. The Morgan fingerprint density at radius 2 is 2.26 bits per heavy atom. The van der Waals surface area contributed by atoms with Crippen LogP contribution in [0, 0.1) is 0 Å². The van der Waals surface area contributed by atoms with Gasteiger partial charge in [0, 0.05) is 44.9 Å². The van der Waals surface area contributed by atoms with Gasteiger partial charge in [-0.25, -0.2) is 4.98 Å². The second-order valence-electron chi connectivity index (χ2n) is 4.14. The van der Waals surface area contributed by atoms with Crippen molar-refractivity contribution in [3.05, 3.63) is 42.7 Å². The standard InChI is InChI=1S/C13H17N5O/c1-18-9-8-16-12(18)13(19)17-7-3-6-15-11-4-2-5-14-10-11/h2,4-5,8-10,15H,3,6-7H2,1H3,(H,17,19). The lowest BCUT2D eigenvalue weighted by Gasteiger charge is -2.07. The molecule has 2 heterocycles. The quantitative estimate of drug-likeness (QED) is 0.761. The Bertz CT molecular complexity index is 523. The zero-order valence-electron chi connectivity index (χ0n) is 10.8. The zero-order chi connectivity index (χ0) is 13.5. The molecule has 0 aliphatic heterocycles. The first kappa shape index (κ1) is 13.1.